The van der Waals surface area contributed by atoms with Crippen molar-refractivity contribution in [1.29, 1.82) is 0 Å². The van der Waals surface area contributed by atoms with Gasteiger partial charge in [0.1, 0.15) is 12.4 Å². The van der Waals surface area contributed by atoms with Crippen LogP contribution in [0, 0.1) is 0 Å². The number of nitrogens with one attached hydrogen (secondary N) is 1. The minimum Gasteiger partial charge on any atom is -0.491 e. The van der Waals surface area contributed by atoms with E-state index in [0.29, 0.717) is 37.0 Å². The minimum absolute atomic E-state index is 0.0244. The van der Waals surface area contributed by atoms with E-state index in [9.17, 15) is 9.90 Å². The number of amides is 1. The summed E-state index contributed by atoms with van der Waals surface area (Å²) >= 11 is 0. The molecule has 1 aromatic carbocycles. The summed E-state index contributed by atoms with van der Waals surface area (Å²) in [6.45, 7) is 3.51. The number of nitrogens with zero attached hydrogens (tertiary/aromatic N) is 3. The Morgan fingerprint density at radius 3 is 3.00 bits per heavy atom. The van der Waals surface area contributed by atoms with Crippen molar-refractivity contribution < 1.29 is 14.6 Å². The second-order valence-electron chi connectivity index (χ2n) is 7.43. The highest BCUT2D eigenvalue weighted by Crippen LogP contribution is 2.36. The molecule has 1 aliphatic carbocycles. The van der Waals surface area contributed by atoms with Gasteiger partial charge in [-0.2, -0.15) is 0 Å². The van der Waals surface area contributed by atoms with Crippen molar-refractivity contribution in [2.24, 2.45) is 0 Å². The van der Waals surface area contributed by atoms with Gasteiger partial charge in [0.25, 0.3) is 5.91 Å². The van der Waals surface area contributed by atoms with Crippen molar-refractivity contribution in [3.05, 3.63) is 35.0 Å². The monoisotopic (exact) mass is 366 g/mol. The molecule has 0 saturated carbocycles. The average molecular weight is 366 g/mol. The number of rotatable bonds is 2. The van der Waals surface area contributed by atoms with Crippen molar-refractivity contribution in [2.75, 3.05) is 24.6 Å². The third kappa shape index (κ3) is 2.65. The van der Waals surface area contributed by atoms with Crippen LogP contribution in [-0.4, -0.2) is 52.8 Å². The zero-order valence-electron chi connectivity index (χ0n) is 15.2. The van der Waals surface area contributed by atoms with E-state index in [4.69, 9.17) is 14.7 Å². The molecular weight excluding hydrogens is 344 g/mol. The van der Waals surface area contributed by atoms with Crippen LogP contribution in [0.1, 0.15) is 35.0 Å². The SMILES string of the molecule is C[C@H]1[C@H](O)CN1c1nc2c(c(-c3ccc4c(c3)OCCNC4=O)n1)CCC2. The van der Waals surface area contributed by atoms with Gasteiger partial charge in [0, 0.05) is 23.4 Å². The van der Waals surface area contributed by atoms with Gasteiger partial charge in [0.05, 0.1) is 29.9 Å². The number of hydrogen-bond acceptors (Lipinski definition) is 6. The Morgan fingerprint density at radius 1 is 1.30 bits per heavy atom. The van der Waals surface area contributed by atoms with E-state index < -0.39 is 0 Å². The third-order valence-electron chi connectivity index (χ3n) is 5.76. The summed E-state index contributed by atoms with van der Waals surface area (Å²) in [5.74, 6) is 1.17. The van der Waals surface area contributed by atoms with E-state index in [2.05, 4.69) is 5.32 Å². The molecule has 5 rings (SSSR count). The number of carbonyl (C=O) groups is 1. The summed E-state index contributed by atoms with van der Waals surface area (Å²) in [6.07, 6.45) is 2.65. The number of fused-ring (bicyclic) bond motifs is 2. The fraction of sp³-hybridized carbons (Fsp3) is 0.450. The Balaban J connectivity index is 1.60. The number of aromatic nitrogens is 2. The summed E-state index contributed by atoms with van der Waals surface area (Å²) in [7, 11) is 0. The number of ether oxygens (including phenoxy) is 1. The van der Waals surface area contributed by atoms with E-state index in [1.807, 2.05) is 30.0 Å². The van der Waals surface area contributed by atoms with E-state index in [1.165, 1.54) is 5.56 Å². The number of aryl methyl sites for hydroxylation is 1. The topological polar surface area (TPSA) is 87.6 Å². The Bertz CT molecular complexity index is 930. The first-order valence-electron chi connectivity index (χ1n) is 9.52. The molecule has 140 valence electrons. The maximum absolute atomic E-state index is 12.2. The standard InChI is InChI=1S/C20H22N4O3/c1-11-16(25)10-24(11)20-22-15-4-2-3-13(15)18(23-20)12-5-6-14-17(9-12)27-8-7-21-19(14)26/h5-6,9,11,16,25H,2-4,7-8,10H2,1H3,(H,21,26)/t11-,16+/m0/s1. The number of anilines is 1. The third-order valence-corrected chi connectivity index (χ3v) is 5.76. The molecule has 3 aliphatic rings. The molecule has 2 aliphatic heterocycles. The van der Waals surface area contributed by atoms with Gasteiger partial charge in [-0.15, -0.1) is 0 Å². The van der Waals surface area contributed by atoms with Crippen LogP contribution in [0.15, 0.2) is 18.2 Å². The predicted molar refractivity (Wildman–Crippen MR) is 100 cm³/mol. The molecule has 2 N–H and O–H groups in total. The van der Waals surface area contributed by atoms with E-state index in [0.717, 1.165) is 36.2 Å². The first kappa shape index (κ1) is 16.5. The maximum atomic E-state index is 12.2. The molecule has 7 heteroatoms. The normalized spacial score (nSPS) is 23.6. The zero-order valence-corrected chi connectivity index (χ0v) is 15.2. The molecule has 1 aromatic heterocycles. The second-order valence-corrected chi connectivity index (χ2v) is 7.43. The van der Waals surface area contributed by atoms with Gasteiger partial charge in [-0.25, -0.2) is 9.97 Å². The van der Waals surface area contributed by atoms with E-state index in [1.54, 1.807) is 0 Å². The number of hydrogen-bond donors (Lipinski definition) is 2. The average Bonchev–Trinajstić information content (AvgIpc) is 3.08. The van der Waals surface area contributed by atoms with Crippen molar-refractivity contribution in [2.45, 2.75) is 38.3 Å². The van der Waals surface area contributed by atoms with Crippen molar-refractivity contribution in [1.82, 2.24) is 15.3 Å². The second kappa shape index (κ2) is 6.20. The smallest absolute Gasteiger partial charge is 0.255 e. The molecule has 2 atom stereocenters. The lowest BCUT2D eigenvalue weighted by Crippen LogP contribution is -2.59. The van der Waals surface area contributed by atoms with E-state index in [-0.39, 0.29) is 18.1 Å². The van der Waals surface area contributed by atoms with Crippen LogP contribution in [-0.2, 0) is 12.8 Å². The lowest BCUT2D eigenvalue weighted by Gasteiger charge is -2.43. The van der Waals surface area contributed by atoms with Crippen LogP contribution in [0.4, 0.5) is 5.95 Å². The number of aliphatic hydroxyl groups excluding tert-OH is 1. The predicted octanol–water partition coefficient (Wildman–Crippen LogP) is 1.32. The summed E-state index contributed by atoms with van der Waals surface area (Å²) in [5.41, 5.74) is 4.69. The van der Waals surface area contributed by atoms with Crippen LogP contribution >= 0.6 is 0 Å². The van der Waals surface area contributed by atoms with Gasteiger partial charge in [0.2, 0.25) is 5.95 Å². The van der Waals surface area contributed by atoms with Crippen LogP contribution < -0.4 is 15.0 Å². The highest BCUT2D eigenvalue weighted by molar-refractivity contribution is 5.98. The number of aliphatic hydroxyl groups is 1. The Hall–Kier alpha value is -2.67. The van der Waals surface area contributed by atoms with Crippen LogP contribution in [0.5, 0.6) is 5.75 Å². The Kier molecular flexibility index (Phi) is 3.79. The van der Waals surface area contributed by atoms with Gasteiger partial charge in [0.15, 0.2) is 0 Å². The first-order valence-corrected chi connectivity index (χ1v) is 9.52. The number of β-amino-alcohol motifs (C(OH)–C–C–N with tert-alkyl or cyclic N) is 1. The fourth-order valence-corrected chi connectivity index (χ4v) is 4.04. The minimum atomic E-state index is -0.329. The molecule has 3 heterocycles. The molecule has 2 aromatic rings. The molecule has 1 saturated heterocycles. The Morgan fingerprint density at radius 2 is 2.19 bits per heavy atom. The molecule has 0 spiro atoms. The van der Waals surface area contributed by atoms with Gasteiger partial charge in [-0.3, -0.25) is 4.79 Å². The highest BCUT2D eigenvalue weighted by atomic mass is 16.5. The number of benzene rings is 1. The molecule has 1 fully saturated rings. The summed E-state index contributed by atoms with van der Waals surface area (Å²) in [5, 5.41) is 12.7. The van der Waals surface area contributed by atoms with Gasteiger partial charge < -0.3 is 20.1 Å². The van der Waals surface area contributed by atoms with Gasteiger partial charge in [-0.05, 0) is 38.3 Å². The highest BCUT2D eigenvalue weighted by Gasteiger charge is 2.36. The molecule has 7 nitrogen and oxygen atoms in total. The quantitative estimate of drug-likeness (QED) is 0.834. The lowest BCUT2D eigenvalue weighted by atomic mass is 10.0. The molecule has 0 bridgehead atoms. The number of carbonyl (C=O) groups excluding carboxylic acids is 1. The largest absolute Gasteiger partial charge is 0.491 e. The first-order chi connectivity index (χ1) is 13.1. The maximum Gasteiger partial charge on any atom is 0.255 e. The fourth-order valence-electron chi connectivity index (χ4n) is 4.04. The van der Waals surface area contributed by atoms with Crippen LogP contribution in [0.3, 0.4) is 0 Å². The molecule has 1 amide bonds. The summed E-state index contributed by atoms with van der Waals surface area (Å²) in [4.78, 5) is 23.8. The molecule has 0 radical (unpaired) electrons. The molecule has 27 heavy (non-hydrogen) atoms. The van der Waals surface area contributed by atoms with Gasteiger partial charge >= 0.3 is 0 Å². The summed E-state index contributed by atoms with van der Waals surface area (Å²) in [6, 6.07) is 5.69. The van der Waals surface area contributed by atoms with Gasteiger partial charge in [-0.1, -0.05) is 6.07 Å². The lowest BCUT2D eigenvalue weighted by molar-refractivity contribution is 0.0956. The van der Waals surface area contributed by atoms with E-state index >= 15 is 0 Å². The van der Waals surface area contributed by atoms with Crippen molar-refractivity contribution >= 4 is 11.9 Å². The van der Waals surface area contributed by atoms with Crippen LogP contribution in [0.25, 0.3) is 11.3 Å². The van der Waals surface area contributed by atoms with Crippen molar-refractivity contribution in [3.8, 4) is 17.0 Å². The molecular formula is C20H22N4O3. The Labute approximate surface area is 157 Å². The summed E-state index contributed by atoms with van der Waals surface area (Å²) < 4.78 is 5.77. The van der Waals surface area contributed by atoms with Crippen LogP contribution in [0.2, 0.25) is 0 Å². The van der Waals surface area contributed by atoms with Crippen molar-refractivity contribution in [3.63, 3.8) is 0 Å². The zero-order chi connectivity index (χ0) is 18.5. The molecule has 0 unspecified atom stereocenters.